The SMILES string of the molecule is Cc1ccc(F)cc1S(=O)(=O)N1CCN(Cc2cccc(OCCO)c2)CC1. The Kier molecular flexibility index (Phi) is 6.66. The zero-order valence-corrected chi connectivity index (χ0v) is 16.7. The number of aliphatic hydroxyl groups is 1. The second-order valence-corrected chi connectivity index (χ2v) is 8.72. The highest BCUT2D eigenvalue weighted by atomic mass is 32.2. The lowest BCUT2D eigenvalue weighted by Crippen LogP contribution is -2.48. The molecule has 2 aromatic rings. The lowest BCUT2D eigenvalue weighted by atomic mass is 10.2. The number of aryl methyl sites for hydroxylation is 1. The number of rotatable bonds is 7. The van der Waals surface area contributed by atoms with Crippen molar-refractivity contribution in [3.63, 3.8) is 0 Å². The Morgan fingerprint density at radius 3 is 2.57 bits per heavy atom. The highest BCUT2D eigenvalue weighted by molar-refractivity contribution is 7.89. The van der Waals surface area contributed by atoms with E-state index in [-0.39, 0.29) is 18.1 Å². The van der Waals surface area contributed by atoms with Crippen LogP contribution in [-0.2, 0) is 16.6 Å². The summed E-state index contributed by atoms with van der Waals surface area (Å²) in [5.74, 6) is 0.153. The molecule has 1 heterocycles. The van der Waals surface area contributed by atoms with Crippen LogP contribution in [0.2, 0.25) is 0 Å². The smallest absolute Gasteiger partial charge is 0.243 e. The number of hydrogen-bond acceptors (Lipinski definition) is 5. The van der Waals surface area contributed by atoms with Gasteiger partial charge in [-0.05, 0) is 42.3 Å². The molecule has 0 spiro atoms. The molecular weight excluding hydrogens is 383 g/mol. The number of halogens is 1. The van der Waals surface area contributed by atoms with Crippen molar-refractivity contribution < 1.29 is 22.7 Å². The minimum absolute atomic E-state index is 0.0363. The van der Waals surface area contributed by atoms with Gasteiger partial charge in [0.05, 0.1) is 11.5 Å². The molecule has 6 nitrogen and oxygen atoms in total. The Balaban J connectivity index is 1.62. The van der Waals surface area contributed by atoms with Crippen LogP contribution in [0, 0.1) is 12.7 Å². The van der Waals surface area contributed by atoms with Crippen LogP contribution in [0.25, 0.3) is 0 Å². The number of sulfonamides is 1. The summed E-state index contributed by atoms with van der Waals surface area (Å²) in [7, 11) is -3.71. The standard InChI is InChI=1S/C20H25FN2O4S/c1-16-5-6-18(21)14-20(16)28(25,26)23-9-7-22(8-10-23)15-17-3-2-4-19(13-17)27-12-11-24/h2-6,13-14,24H,7-12,15H2,1H3. The molecule has 2 aromatic carbocycles. The molecule has 0 amide bonds. The van der Waals surface area contributed by atoms with Crippen LogP contribution in [-0.4, -0.2) is 62.1 Å². The van der Waals surface area contributed by atoms with Crippen molar-refractivity contribution >= 4 is 10.0 Å². The summed E-state index contributed by atoms with van der Waals surface area (Å²) < 4.78 is 46.1. The zero-order chi connectivity index (χ0) is 20.1. The molecule has 1 saturated heterocycles. The number of hydrogen-bond donors (Lipinski definition) is 1. The summed E-state index contributed by atoms with van der Waals surface area (Å²) in [6.07, 6.45) is 0. The second kappa shape index (κ2) is 9.00. The van der Waals surface area contributed by atoms with Gasteiger partial charge in [-0.25, -0.2) is 12.8 Å². The summed E-state index contributed by atoms with van der Waals surface area (Å²) in [6.45, 7) is 4.48. The van der Waals surface area contributed by atoms with Gasteiger partial charge in [0.2, 0.25) is 10.0 Å². The first kappa shape index (κ1) is 20.7. The van der Waals surface area contributed by atoms with E-state index >= 15 is 0 Å². The molecule has 0 bridgehead atoms. The molecule has 0 aliphatic carbocycles. The van der Waals surface area contributed by atoms with E-state index in [1.165, 1.54) is 16.4 Å². The molecule has 1 aliphatic heterocycles. The van der Waals surface area contributed by atoms with Crippen molar-refractivity contribution in [2.45, 2.75) is 18.4 Å². The van der Waals surface area contributed by atoms with Gasteiger partial charge in [-0.3, -0.25) is 4.90 Å². The number of aliphatic hydroxyl groups excluding tert-OH is 1. The summed E-state index contributed by atoms with van der Waals surface area (Å²) in [5, 5.41) is 8.86. The topological polar surface area (TPSA) is 70.1 Å². The fraction of sp³-hybridized carbons (Fsp3) is 0.400. The van der Waals surface area contributed by atoms with E-state index in [0.717, 1.165) is 11.6 Å². The minimum atomic E-state index is -3.71. The Morgan fingerprint density at radius 2 is 1.86 bits per heavy atom. The van der Waals surface area contributed by atoms with Gasteiger partial charge in [-0.2, -0.15) is 4.31 Å². The average molecular weight is 408 g/mol. The van der Waals surface area contributed by atoms with Crippen LogP contribution in [0.5, 0.6) is 5.75 Å². The Bertz CT molecular complexity index is 912. The molecule has 0 radical (unpaired) electrons. The van der Waals surface area contributed by atoms with E-state index in [1.807, 2.05) is 24.3 Å². The number of nitrogens with zero attached hydrogens (tertiary/aromatic N) is 2. The molecule has 152 valence electrons. The van der Waals surface area contributed by atoms with Crippen LogP contribution in [0.1, 0.15) is 11.1 Å². The van der Waals surface area contributed by atoms with Gasteiger partial charge in [0.15, 0.2) is 0 Å². The maximum Gasteiger partial charge on any atom is 0.243 e. The molecule has 1 fully saturated rings. The van der Waals surface area contributed by atoms with E-state index in [0.29, 0.717) is 44.0 Å². The van der Waals surface area contributed by atoms with Crippen LogP contribution in [0.4, 0.5) is 4.39 Å². The molecule has 1 N–H and O–H groups in total. The molecule has 0 atom stereocenters. The lowest BCUT2D eigenvalue weighted by Gasteiger charge is -2.34. The maximum absolute atomic E-state index is 13.5. The fourth-order valence-electron chi connectivity index (χ4n) is 3.27. The molecule has 0 aromatic heterocycles. The van der Waals surface area contributed by atoms with Gasteiger partial charge >= 0.3 is 0 Å². The third-order valence-electron chi connectivity index (χ3n) is 4.76. The van der Waals surface area contributed by atoms with E-state index in [2.05, 4.69) is 4.90 Å². The predicted octanol–water partition coefficient (Wildman–Crippen LogP) is 2.01. The molecule has 8 heteroatoms. The first-order valence-electron chi connectivity index (χ1n) is 9.21. The summed E-state index contributed by atoms with van der Waals surface area (Å²) in [6, 6.07) is 11.5. The summed E-state index contributed by atoms with van der Waals surface area (Å²) in [4.78, 5) is 2.21. The molecule has 0 unspecified atom stereocenters. The van der Waals surface area contributed by atoms with Crippen LogP contribution in [0.15, 0.2) is 47.4 Å². The summed E-state index contributed by atoms with van der Waals surface area (Å²) >= 11 is 0. The Hall–Kier alpha value is -2.00. The lowest BCUT2D eigenvalue weighted by molar-refractivity contribution is 0.180. The van der Waals surface area contributed by atoms with Crippen molar-refractivity contribution in [1.82, 2.24) is 9.21 Å². The van der Waals surface area contributed by atoms with Gasteiger partial charge in [-0.15, -0.1) is 0 Å². The molecule has 0 saturated carbocycles. The first-order valence-corrected chi connectivity index (χ1v) is 10.7. The quantitative estimate of drug-likeness (QED) is 0.759. The number of ether oxygens (including phenoxy) is 1. The molecule has 28 heavy (non-hydrogen) atoms. The first-order chi connectivity index (χ1) is 13.4. The van der Waals surface area contributed by atoms with Gasteiger partial charge in [0.1, 0.15) is 18.2 Å². The third-order valence-corrected chi connectivity index (χ3v) is 6.80. The van der Waals surface area contributed by atoms with Crippen LogP contribution in [0.3, 0.4) is 0 Å². The van der Waals surface area contributed by atoms with E-state index in [4.69, 9.17) is 9.84 Å². The monoisotopic (exact) mass is 408 g/mol. The van der Waals surface area contributed by atoms with Gasteiger partial charge in [0.25, 0.3) is 0 Å². The van der Waals surface area contributed by atoms with Crippen molar-refractivity contribution in [3.8, 4) is 5.75 Å². The zero-order valence-electron chi connectivity index (χ0n) is 15.8. The van der Waals surface area contributed by atoms with Crippen molar-refractivity contribution in [2.75, 3.05) is 39.4 Å². The van der Waals surface area contributed by atoms with E-state index in [9.17, 15) is 12.8 Å². The van der Waals surface area contributed by atoms with Gasteiger partial charge in [-0.1, -0.05) is 18.2 Å². The maximum atomic E-state index is 13.5. The normalized spacial score (nSPS) is 16.2. The minimum Gasteiger partial charge on any atom is -0.491 e. The van der Waals surface area contributed by atoms with E-state index in [1.54, 1.807) is 6.92 Å². The average Bonchev–Trinajstić information content (AvgIpc) is 2.69. The van der Waals surface area contributed by atoms with Crippen molar-refractivity contribution in [1.29, 1.82) is 0 Å². The highest BCUT2D eigenvalue weighted by Gasteiger charge is 2.29. The van der Waals surface area contributed by atoms with E-state index < -0.39 is 15.8 Å². The Morgan fingerprint density at radius 1 is 1.11 bits per heavy atom. The van der Waals surface area contributed by atoms with Crippen LogP contribution >= 0.6 is 0 Å². The number of benzene rings is 2. The van der Waals surface area contributed by atoms with Crippen LogP contribution < -0.4 is 4.74 Å². The third kappa shape index (κ3) is 4.88. The second-order valence-electron chi connectivity index (χ2n) is 6.81. The largest absolute Gasteiger partial charge is 0.491 e. The Labute approximate surface area is 165 Å². The molecule has 3 rings (SSSR count). The van der Waals surface area contributed by atoms with Crippen molar-refractivity contribution in [3.05, 3.63) is 59.4 Å². The van der Waals surface area contributed by atoms with Gasteiger partial charge in [0, 0.05) is 32.7 Å². The molecular formula is C20H25FN2O4S. The number of piperazine rings is 1. The molecule has 1 aliphatic rings. The summed E-state index contributed by atoms with van der Waals surface area (Å²) in [5.41, 5.74) is 1.61. The predicted molar refractivity (Wildman–Crippen MR) is 104 cm³/mol. The fourth-order valence-corrected chi connectivity index (χ4v) is 4.93. The van der Waals surface area contributed by atoms with Crippen molar-refractivity contribution in [2.24, 2.45) is 0 Å². The highest BCUT2D eigenvalue weighted by Crippen LogP contribution is 2.23. The van der Waals surface area contributed by atoms with Gasteiger partial charge < -0.3 is 9.84 Å².